The number of thiazole rings is 1. The van der Waals surface area contributed by atoms with Crippen LogP contribution >= 0.6 is 11.3 Å². The first-order chi connectivity index (χ1) is 11.2. The van der Waals surface area contributed by atoms with Crippen LogP contribution in [0.3, 0.4) is 0 Å². The Labute approximate surface area is 139 Å². The number of carbonyl (C=O) groups excluding carboxylic acids is 1. The van der Waals surface area contributed by atoms with Crippen molar-refractivity contribution in [3.63, 3.8) is 0 Å². The predicted octanol–water partition coefficient (Wildman–Crippen LogP) is 4.45. The van der Waals surface area contributed by atoms with Gasteiger partial charge in [-0.2, -0.15) is 0 Å². The highest BCUT2D eigenvalue weighted by atomic mass is 32.1. The zero-order valence-corrected chi connectivity index (χ0v) is 13.8. The van der Waals surface area contributed by atoms with Gasteiger partial charge in [-0.1, -0.05) is 24.3 Å². The van der Waals surface area contributed by atoms with Crippen molar-refractivity contribution in [3.8, 4) is 0 Å². The normalized spacial score (nSPS) is 17.0. The Hall–Kier alpha value is -2.20. The molecule has 0 fully saturated rings. The van der Waals surface area contributed by atoms with Crippen molar-refractivity contribution in [3.05, 3.63) is 64.7 Å². The maximum atomic E-state index is 12.9. The highest BCUT2D eigenvalue weighted by Crippen LogP contribution is 2.34. The molecule has 1 heterocycles. The van der Waals surface area contributed by atoms with Gasteiger partial charge in [-0.05, 0) is 48.6 Å². The third kappa shape index (κ3) is 2.53. The lowest BCUT2D eigenvalue weighted by molar-refractivity contribution is 0.0715. The average molecular weight is 322 g/mol. The van der Waals surface area contributed by atoms with Crippen LogP contribution in [0.1, 0.15) is 40.4 Å². The van der Waals surface area contributed by atoms with E-state index in [4.69, 9.17) is 0 Å². The summed E-state index contributed by atoms with van der Waals surface area (Å²) in [5, 5.41) is 0. The van der Waals surface area contributed by atoms with Crippen LogP contribution in [0, 0.1) is 0 Å². The third-order valence-corrected chi connectivity index (χ3v) is 5.50. The summed E-state index contributed by atoms with van der Waals surface area (Å²) in [5.74, 6) is 0.0852. The summed E-state index contributed by atoms with van der Waals surface area (Å²) < 4.78 is 1.06. The van der Waals surface area contributed by atoms with Gasteiger partial charge in [0.2, 0.25) is 0 Å². The molecule has 1 unspecified atom stereocenters. The van der Waals surface area contributed by atoms with Crippen molar-refractivity contribution in [2.45, 2.75) is 25.3 Å². The Morgan fingerprint density at radius 3 is 3.04 bits per heavy atom. The summed E-state index contributed by atoms with van der Waals surface area (Å²) in [6, 6.07) is 14.4. The fraction of sp³-hybridized carbons (Fsp3) is 0.263. The van der Waals surface area contributed by atoms with E-state index in [9.17, 15) is 4.79 Å². The number of aromatic nitrogens is 1. The number of hydrogen-bond donors (Lipinski definition) is 0. The van der Waals surface area contributed by atoms with E-state index in [1.807, 2.05) is 35.7 Å². The van der Waals surface area contributed by atoms with Crippen LogP contribution in [0.5, 0.6) is 0 Å². The summed E-state index contributed by atoms with van der Waals surface area (Å²) in [7, 11) is 1.92. The molecule has 116 valence electrons. The number of benzene rings is 2. The molecule has 0 aliphatic heterocycles. The molecular weight excluding hydrogens is 304 g/mol. The molecule has 1 atom stereocenters. The number of fused-ring (bicyclic) bond motifs is 2. The van der Waals surface area contributed by atoms with Crippen molar-refractivity contribution >= 4 is 27.5 Å². The minimum absolute atomic E-state index is 0.0852. The molecular formula is C19H18N2OS. The smallest absolute Gasteiger partial charge is 0.254 e. The second-order valence-electron chi connectivity index (χ2n) is 6.06. The molecule has 3 nitrogen and oxygen atoms in total. The second-order valence-corrected chi connectivity index (χ2v) is 6.94. The van der Waals surface area contributed by atoms with E-state index in [2.05, 4.69) is 29.2 Å². The lowest BCUT2D eigenvalue weighted by atomic mass is 9.87. The summed E-state index contributed by atoms with van der Waals surface area (Å²) in [5.41, 5.74) is 6.19. The fourth-order valence-corrected chi connectivity index (χ4v) is 4.18. The van der Waals surface area contributed by atoms with E-state index >= 15 is 0 Å². The lowest BCUT2D eigenvalue weighted by Crippen LogP contribution is -2.33. The van der Waals surface area contributed by atoms with Crippen LogP contribution in [0.25, 0.3) is 10.2 Å². The van der Waals surface area contributed by atoms with Crippen molar-refractivity contribution in [2.75, 3.05) is 7.05 Å². The first-order valence-corrected chi connectivity index (χ1v) is 8.80. The third-order valence-electron chi connectivity index (χ3n) is 4.70. The second kappa shape index (κ2) is 5.78. The molecule has 23 heavy (non-hydrogen) atoms. The standard InChI is InChI=1S/C19H18N2OS/c1-21(17-8-4-6-13-5-2-3-7-15(13)17)19(22)14-9-10-16-18(11-14)23-12-20-16/h2-3,5,7,9-12,17H,4,6,8H2,1H3. The predicted molar refractivity (Wildman–Crippen MR) is 93.8 cm³/mol. The quantitative estimate of drug-likeness (QED) is 0.698. The summed E-state index contributed by atoms with van der Waals surface area (Å²) >= 11 is 1.57. The highest BCUT2D eigenvalue weighted by molar-refractivity contribution is 7.16. The molecule has 1 aliphatic carbocycles. The van der Waals surface area contributed by atoms with E-state index in [0.29, 0.717) is 0 Å². The molecule has 0 saturated heterocycles. The molecule has 2 aromatic carbocycles. The van der Waals surface area contributed by atoms with Gasteiger partial charge in [-0.3, -0.25) is 4.79 Å². The van der Waals surface area contributed by atoms with Crippen LogP contribution < -0.4 is 0 Å². The van der Waals surface area contributed by atoms with Gasteiger partial charge in [-0.25, -0.2) is 4.98 Å². The van der Waals surface area contributed by atoms with Crippen LogP contribution in [-0.2, 0) is 6.42 Å². The van der Waals surface area contributed by atoms with Gasteiger partial charge >= 0.3 is 0 Å². The zero-order chi connectivity index (χ0) is 15.8. The number of nitrogens with zero attached hydrogens (tertiary/aromatic N) is 2. The molecule has 1 amide bonds. The maximum Gasteiger partial charge on any atom is 0.254 e. The molecule has 0 N–H and O–H groups in total. The van der Waals surface area contributed by atoms with E-state index in [1.54, 1.807) is 11.3 Å². The Balaban J connectivity index is 1.66. The Morgan fingerprint density at radius 1 is 1.26 bits per heavy atom. The monoisotopic (exact) mass is 322 g/mol. The van der Waals surface area contributed by atoms with E-state index < -0.39 is 0 Å². The molecule has 0 saturated carbocycles. The number of hydrogen-bond acceptors (Lipinski definition) is 3. The van der Waals surface area contributed by atoms with Crippen molar-refractivity contribution in [1.82, 2.24) is 9.88 Å². The number of amides is 1. The highest BCUT2D eigenvalue weighted by Gasteiger charge is 2.27. The van der Waals surface area contributed by atoms with Crippen LogP contribution in [0.4, 0.5) is 0 Å². The molecule has 0 radical (unpaired) electrons. The molecule has 1 aromatic heterocycles. The minimum atomic E-state index is 0.0852. The number of aryl methyl sites for hydroxylation is 1. The molecule has 3 aromatic rings. The van der Waals surface area contributed by atoms with Crippen molar-refractivity contribution < 1.29 is 4.79 Å². The SMILES string of the molecule is CN(C(=O)c1ccc2ncsc2c1)C1CCCc2ccccc21. The Bertz CT molecular complexity index is 870. The van der Waals surface area contributed by atoms with Crippen LogP contribution in [0.15, 0.2) is 48.0 Å². The number of rotatable bonds is 2. The van der Waals surface area contributed by atoms with Gasteiger partial charge in [0, 0.05) is 12.6 Å². The van der Waals surface area contributed by atoms with Crippen molar-refractivity contribution in [1.29, 1.82) is 0 Å². The van der Waals surface area contributed by atoms with Gasteiger partial charge in [0.25, 0.3) is 5.91 Å². The Kier molecular flexibility index (Phi) is 3.62. The van der Waals surface area contributed by atoms with Crippen LogP contribution in [-0.4, -0.2) is 22.8 Å². The fourth-order valence-electron chi connectivity index (χ4n) is 3.46. The lowest BCUT2D eigenvalue weighted by Gasteiger charge is -2.33. The van der Waals surface area contributed by atoms with E-state index in [-0.39, 0.29) is 11.9 Å². The minimum Gasteiger partial charge on any atom is -0.335 e. The van der Waals surface area contributed by atoms with Crippen molar-refractivity contribution in [2.24, 2.45) is 0 Å². The largest absolute Gasteiger partial charge is 0.335 e. The van der Waals surface area contributed by atoms with Gasteiger partial charge in [0.05, 0.1) is 21.8 Å². The Morgan fingerprint density at radius 2 is 2.13 bits per heavy atom. The zero-order valence-electron chi connectivity index (χ0n) is 13.0. The summed E-state index contributed by atoms with van der Waals surface area (Å²) in [6.45, 7) is 0. The first kappa shape index (κ1) is 14.4. The number of carbonyl (C=O) groups is 1. The van der Waals surface area contributed by atoms with Crippen LogP contribution in [0.2, 0.25) is 0 Å². The van der Waals surface area contributed by atoms with Gasteiger partial charge in [0.15, 0.2) is 0 Å². The maximum absolute atomic E-state index is 12.9. The average Bonchev–Trinajstić information content (AvgIpc) is 3.07. The molecule has 4 rings (SSSR count). The van der Waals surface area contributed by atoms with E-state index in [1.165, 1.54) is 11.1 Å². The summed E-state index contributed by atoms with van der Waals surface area (Å²) in [4.78, 5) is 19.1. The topological polar surface area (TPSA) is 33.2 Å². The van der Waals surface area contributed by atoms with Gasteiger partial charge in [0.1, 0.15) is 0 Å². The molecule has 0 bridgehead atoms. The van der Waals surface area contributed by atoms with Gasteiger partial charge < -0.3 is 4.90 Å². The molecule has 0 spiro atoms. The molecule has 1 aliphatic rings. The van der Waals surface area contributed by atoms with Gasteiger partial charge in [-0.15, -0.1) is 11.3 Å². The first-order valence-electron chi connectivity index (χ1n) is 7.92. The van der Waals surface area contributed by atoms with E-state index in [0.717, 1.165) is 35.0 Å². The molecule has 4 heteroatoms. The summed E-state index contributed by atoms with van der Waals surface area (Å²) in [6.07, 6.45) is 3.27.